The van der Waals surface area contributed by atoms with Crippen molar-refractivity contribution >= 4 is 15.8 Å². The Balaban J connectivity index is 1.11. The maximum atomic E-state index is 12.0. The van der Waals surface area contributed by atoms with Crippen LogP contribution in [0.2, 0.25) is 0 Å². The molecule has 2 atom stereocenters. The molecule has 0 aromatic heterocycles. The molecule has 2 aliphatic carbocycles. The van der Waals surface area contributed by atoms with Crippen molar-refractivity contribution in [2.24, 2.45) is 5.92 Å². The summed E-state index contributed by atoms with van der Waals surface area (Å²) in [5.74, 6) is 1.57. The van der Waals surface area contributed by atoms with Crippen LogP contribution in [0.3, 0.4) is 0 Å². The van der Waals surface area contributed by atoms with Crippen LogP contribution in [0.1, 0.15) is 66.3 Å². The van der Waals surface area contributed by atoms with Crippen LogP contribution in [0.25, 0.3) is 11.1 Å². The van der Waals surface area contributed by atoms with Crippen LogP contribution < -0.4 is 4.74 Å². The van der Waals surface area contributed by atoms with Gasteiger partial charge in [0, 0.05) is 0 Å². The minimum atomic E-state index is -2.89. The molecule has 3 aliphatic rings. The average molecular weight is 559 g/mol. The summed E-state index contributed by atoms with van der Waals surface area (Å²) in [6.07, 6.45) is 7.15. The number of sulfone groups is 1. The summed E-state index contributed by atoms with van der Waals surface area (Å²) in [7, 11) is -2.89. The van der Waals surface area contributed by atoms with Gasteiger partial charge in [0.15, 0.2) is 9.84 Å². The molecule has 1 saturated carbocycles. The van der Waals surface area contributed by atoms with Gasteiger partial charge in [-0.15, -0.1) is 0 Å². The minimum Gasteiger partial charge on any atom is -0.490 e. The van der Waals surface area contributed by atoms with E-state index in [2.05, 4.69) is 60.7 Å². The molecule has 0 amide bonds. The van der Waals surface area contributed by atoms with Gasteiger partial charge in [-0.1, -0.05) is 48.5 Å². The molecule has 210 valence electrons. The molecule has 6 rings (SSSR count). The summed E-state index contributed by atoms with van der Waals surface area (Å²) in [6, 6.07) is 22.1. The van der Waals surface area contributed by atoms with Crippen molar-refractivity contribution in [2.75, 3.05) is 18.1 Å². The Morgan fingerprint density at radius 3 is 2.35 bits per heavy atom. The fraction of sp³-hybridized carbons (Fsp3) is 0.441. The highest BCUT2D eigenvalue weighted by molar-refractivity contribution is 7.91. The van der Waals surface area contributed by atoms with E-state index in [0.717, 1.165) is 44.3 Å². The highest BCUT2D eigenvalue weighted by Gasteiger charge is 2.45. The zero-order valence-corrected chi connectivity index (χ0v) is 24.0. The molecular formula is C34H38O5S. The second-order valence-corrected chi connectivity index (χ2v) is 13.9. The number of ether oxygens (including phenoxy) is 2. The Morgan fingerprint density at radius 2 is 1.57 bits per heavy atom. The summed E-state index contributed by atoms with van der Waals surface area (Å²) in [6.45, 7) is 2.30. The second-order valence-electron chi connectivity index (χ2n) is 11.6. The zero-order chi connectivity index (χ0) is 27.7. The van der Waals surface area contributed by atoms with Gasteiger partial charge in [-0.3, -0.25) is 4.79 Å². The molecular weight excluding hydrogens is 520 g/mol. The largest absolute Gasteiger partial charge is 0.490 e. The predicted octanol–water partition coefficient (Wildman–Crippen LogP) is 6.25. The van der Waals surface area contributed by atoms with E-state index in [1.807, 2.05) is 6.92 Å². The van der Waals surface area contributed by atoms with Crippen LogP contribution in [0.15, 0.2) is 60.7 Å². The van der Waals surface area contributed by atoms with Gasteiger partial charge in [0.05, 0.1) is 24.0 Å². The van der Waals surface area contributed by atoms with E-state index in [9.17, 15) is 13.2 Å². The number of hydrogen-bond acceptors (Lipinski definition) is 5. The number of carbonyl (C=O) groups excluding carboxylic acids is 1. The van der Waals surface area contributed by atoms with Crippen LogP contribution in [0, 0.1) is 5.92 Å². The molecule has 0 radical (unpaired) electrons. The van der Waals surface area contributed by atoms with Crippen LogP contribution in [-0.2, 0) is 45.1 Å². The summed E-state index contributed by atoms with van der Waals surface area (Å²) in [5, 5.41) is 0. The third-order valence-corrected chi connectivity index (χ3v) is 10.4. The van der Waals surface area contributed by atoms with Crippen LogP contribution in [0.4, 0.5) is 0 Å². The molecule has 3 aromatic carbocycles. The van der Waals surface area contributed by atoms with E-state index in [-0.39, 0.29) is 29.5 Å². The zero-order valence-electron chi connectivity index (χ0n) is 23.2. The lowest BCUT2D eigenvalue weighted by Crippen LogP contribution is -2.30. The summed E-state index contributed by atoms with van der Waals surface area (Å²) in [4.78, 5) is 12.0. The number of esters is 1. The van der Waals surface area contributed by atoms with Crippen molar-refractivity contribution in [2.45, 2.75) is 70.3 Å². The fourth-order valence-corrected chi connectivity index (χ4v) is 7.75. The van der Waals surface area contributed by atoms with E-state index >= 15 is 0 Å². The topological polar surface area (TPSA) is 69.7 Å². The quantitative estimate of drug-likeness (QED) is 0.306. The number of hydrogen-bond donors (Lipinski definition) is 0. The average Bonchev–Trinajstić information content (AvgIpc) is 3.77. The van der Waals surface area contributed by atoms with Crippen molar-refractivity contribution in [3.8, 4) is 16.9 Å². The van der Waals surface area contributed by atoms with Gasteiger partial charge in [0.2, 0.25) is 0 Å². The van der Waals surface area contributed by atoms with Crippen molar-refractivity contribution in [1.29, 1.82) is 0 Å². The maximum Gasteiger partial charge on any atom is 0.309 e. The summed E-state index contributed by atoms with van der Waals surface area (Å²) < 4.78 is 34.9. The third-order valence-electron chi connectivity index (χ3n) is 8.73. The van der Waals surface area contributed by atoms with Crippen molar-refractivity contribution < 1.29 is 22.7 Å². The third kappa shape index (κ3) is 6.12. The Morgan fingerprint density at radius 1 is 0.850 bits per heavy atom. The maximum absolute atomic E-state index is 12.0. The van der Waals surface area contributed by atoms with Gasteiger partial charge in [-0.05, 0) is 115 Å². The Labute approximate surface area is 237 Å². The van der Waals surface area contributed by atoms with E-state index in [1.165, 1.54) is 38.9 Å². The van der Waals surface area contributed by atoms with Crippen LogP contribution >= 0.6 is 0 Å². The monoisotopic (exact) mass is 558 g/mol. The smallest absolute Gasteiger partial charge is 0.309 e. The molecule has 0 bridgehead atoms. The molecule has 1 heterocycles. The first-order valence-electron chi connectivity index (χ1n) is 14.8. The van der Waals surface area contributed by atoms with Gasteiger partial charge in [0.1, 0.15) is 11.9 Å². The predicted molar refractivity (Wildman–Crippen MR) is 158 cm³/mol. The molecule has 3 aromatic rings. The van der Waals surface area contributed by atoms with Gasteiger partial charge < -0.3 is 9.47 Å². The van der Waals surface area contributed by atoms with Crippen LogP contribution in [-0.4, -0.2) is 38.6 Å². The molecule has 0 N–H and O–H groups in total. The second kappa shape index (κ2) is 11.4. The lowest BCUT2D eigenvalue weighted by atomic mass is 9.93. The van der Waals surface area contributed by atoms with Gasteiger partial charge in [0.25, 0.3) is 0 Å². The summed E-state index contributed by atoms with van der Waals surface area (Å²) >= 11 is 0. The number of benzene rings is 3. The van der Waals surface area contributed by atoms with Crippen molar-refractivity contribution in [3.05, 3.63) is 88.5 Å². The van der Waals surface area contributed by atoms with E-state index in [1.54, 1.807) is 0 Å². The first-order chi connectivity index (χ1) is 19.4. The lowest BCUT2D eigenvalue weighted by Gasteiger charge is -2.24. The number of fused-ring (bicyclic) bond motifs is 3. The number of carbonyl (C=O) groups is 1. The van der Waals surface area contributed by atoms with Gasteiger partial charge >= 0.3 is 5.97 Å². The fourth-order valence-electron chi connectivity index (χ4n) is 6.30. The van der Waals surface area contributed by atoms with Crippen molar-refractivity contribution in [1.82, 2.24) is 0 Å². The SMILES string of the molecule is CCOC(=O)[C@H]1C[C@@H]1c1ccc(CCc2ccc3c(c2)-c2ccc(OC4CCS(=O)(=O)CC4)cc2CCC3)cc1. The molecule has 5 nitrogen and oxygen atoms in total. The highest BCUT2D eigenvalue weighted by atomic mass is 32.2. The standard InChI is InChI=1S/C34H38O5S/c1-2-38-34(35)33-22-32(33)26-11-8-23(9-12-26)6-7-24-10-13-25-4-3-5-27-21-29(14-15-30(27)31(25)20-24)39-28-16-18-40(36,37)19-17-28/h8-15,20-21,28,32-33H,2-7,16-19,22H2,1H3/t32-,33+/m1/s1. The molecule has 0 unspecified atom stereocenters. The molecule has 1 saturated heterocycles. The normalized spacial score (nSPS) is 21.5. The molecule has 2 fully saturated rings. The lowest BCUT2D eigenvalue weighted by molar-refractivity contribution is -0.144. The Kier molecular flexibility index (Phi) is 7.71. The number of aryl methyl sites for hydroxylation is 4. The highest BCUT2D eigenvalue weighted by Crippen LogP contribution is 2.48. The first kappa shape index (κ1) is 27.1. The molecule has 1 aliphatic heterocycles. The molecule has 0 spiro atoms. The minimum absolute atomic E-state index is 0.0245. The molecule has 40 heavy (non-hydrogen) atoms. The number of rotatable bonds is 8. The van der Waals surface area contributed by atoms with Crippen molar-refractivity contribution in [3.63, 3.8) is 0 Å². The Bertz CT molecular complexity index is 1480. The van der Waals surface area contributed by atoms with Gasteiger partial charge in [-0.25, -0.2) is 8.42 Å². The molecule has 6 heteroatoms. The van der Waals surface area contributed by atoms with E-state index in [0.29, 0.717) is 25.4 Å². The first-order valence-corrected chi connectivity index (χ1v) is 16.6. The Hall–Kier alpha value is -3.12. The summed E-state index contributed by atoms with van der Waals surface area (Å²) in [5.41, 5.74) is 9.22. The van der Waals surface area contributed by atoms with Crippen LogP contribution in [0.5, 0.6) is 5.75 Å². The van der Waals surface area contributed by atoms with E-state index in [4.69, 9.17) is 9.47 Å². The van der Waals surface area contributed by atoms with E-state index < -0.39 is 9.84 Å². The van der Waals surface area contributed by atoms with Gasteiger partial charge in [-0.2, -0.15) is 0 Å².